The van der Waals surface area contributed by atoms with Crippen molar-refractivity contribution in [3.05, 3.63) is 30.0 Å². The molecule has 1 N–H and O–H groups in total. The van der Waals surface area contributed by atoms with Crippen LogP contribution >= 0.6 is 12.4 Å². The molecule has 1 aliphatic heterocycles. The van der Waals surface area contributed by atoms with Gasteiger partial charge in [0.25, 0.3) is 0 Å². The first-order valence-corrected chi connectivity index (χ1v) is 7.67. The van der Waals surface area contributed by atoms with E-state index in [2.05, 4.69) is 19.2 Å². The summed E-state index contributed by atoms with van der Waals surface area (Å²) in [5.74, 6) is 0.906. The number of halogens is 1. The maximum absolute atomic E-state index is 12.6. The standard InChI is InChI=1S/C17H22N2O3.ClH/c1-11-12(2)19(7-6-18-11)17(20)8-13-10-22-16-9-14(21-3)4-5-15(13)16;/h4-5,9-12,18H,6-8H2,1-3H3;1H. The van der Waals surface area contributed by atoms with Gasteiger partial charge in [0.15, 0.2) is 0 Å². The summed E-state index contributed by atoms with van der Waals surface area (Å²) in [6.45, 7) is 5.81. The second-order valence-electron chi connectivity index (χ2n) is 5.87. The van der Waals surface area contributed by atoms with Crippen LogP contribution in [0.3, 0.4) is 0 Å². The molecule has 0 aliphatic carbocycles. The second kappa shape index (κ2) is 7.23. The van der Waals surface area contributed by atoms with Crippen LogP contribution in [0.15, 0.2) is 28.9 Å². The van der Waals surface area contributed by atoms with E-state index in [0.29, 0.717) is 12.5 Å². The zero-order valence-electron chi connectivity index (χ0n) is 13.7. The van der Waals surface area contributed by atoms with Gasteiger partial charge < -0.3 is 19.4 Å². The molecule has 1 aromatic heterocycles. The Morgan fingerprint density at radius 3 is 2.96 bits per heavy atom. The summed E-state index contributed by atoms with van der Waals surface area (Å²) in [4.78, 5) is 14.6. The van der Waals surface area contributed by atoms with Gasteiger partial charge in [-0.15, -0.1) is 12.4 Å². The number of nitrogens with zero attached hydrogens (tertiary/aromatic N) is 1. The fraction of sp³-hybridized carbons (Fsp3) is 0.471. The molecule has 3 rings (SSSR count). The highest BCUT2D eigenvalue weighted by molar-refractivity contribution is 5.88. The van der Waals surface area contributed by atoms with Gasteiger partial charge in [0.2, 0.25) is 5.91 Å². The van der Waals surface area contributed by atoms with Gasteiger partial charge in [-0.3, -0.25) is 4.79 Å². The first-order valence-electron chi connectivity index (χ1n) is 7.67. The van der Waals surface area contributed by atoms with Crippen molar-refractivity contribution in [2.45, 2.75) is 32.4 Å². The molecule has 2 atom stereocenters. The van der Waals surface area contributed by atoms with Crippen LogP contribution in [0.1, 0.15) is 19.4 Å². The van der Waals surface area contributed by atoms with Gasteiger partial charge in [0.1, 0.15) is 11.3 Å². The largest absolute Gasteiger partial charge is 0.497 e. The van der Waals surface area contributed by atoms with Crippen molar-refractivity contribution in [2.24, 2.45) is 0 Å². The molecule has 1 aromatic carbocycles. The van der Waals surface area contributed by atoms with Crippen molar-refractivity contribution in [3.63, 3.8) is 0 Å². The van der Waals surface area contributed by atoms with E-state index in [1.165, 1.54) is 0 Å². The normalized spacial score (nSPS) is 21.1. The number of furan rings is 1. The van der Waals surface area contributed by atoms with Crippen LogP contribution in [0, 0.1) is 0 Å². The number of piperazine rings is 1. The summed E-state index contributed by atoms with van der Waals surface area (Å²) in [6, 6.07) is 6.21. The summed E-state index contributed by atoms with van der Waals surface area (Å²) in [5, 5.41) is 4.37. The maximum atomic E-state index is 12.6. The van der Waals surface area contributed by atoms with Gasteiger partial charge in [-0.25, -0.2) is 0 Å². The third kappa shape index (κ3) is 3.46. The van der Waals surface area contributed by atoms with Crippen molar-refractivity contribution in [1.29, 1.82) is 0 Å². The number of benzene rings is 1. The topological polar surface area (TPSA) is 54.7 Å². The summed E-state index contributed by atoms with van der Waals surface area (Å²) >= 11 is 0. The number of carbonyl (C=O) groups is 1. The number of nitrogens with one attached hydrogen (secondary N) is 1. The second-order valence-corrected chi connectivity index (χ2v) is 5.87. The molecule has 1 aliphatic rings. The highest BCUT2D eigenvalue weighted by atomic mass is 35.5. The van der Waals surface area contributed by atoms with Crippen LogP contribution in [0.4, 0.5) is 0 Å². The van der Waals surface area contributed by atoms with Crippen molar-refractivity contribution in [3.8, 4) is 5.75 Å². The minimum atomic E-state index is 0. The Bertz CT molecular complexity index is 686. The van der Waals surface area contributed by atoms with E-state index in [1.807, 2.05) is 23.1 Å². The number of hydrogen-bond donors (Lipinski definition) is 1. The molecule has 0 saturated carbocycles. The van der Waals surface area contributed by atoms with Gasteiger partial charge in [0, 0.05) is 42.2 Å². The lowest BCUT2D eigenvalue weighted by Gasteiger charge is -2.38. The highest BCUT2D eigenvalue weighted by Crippen LogP contribution is 2.26. The molecule has 5 nitrogen and oxygen atoms in total. The number of carbonyl (C=O) groups excluding carboxylic acids is 1. The quantitative estimate of drug-likeness (QED) is 0.934. The van der Waals surface area contributed by atoms with E-state index in [4.69, 9.17) is 9.15 Å². The molecule has 1 fully saturated rings. The predicted octanol–water partition coefficient (Wildman–Crippen LogP) is 2.61. The Morgan fingerprint density at radius 1 is 1.43 bits per heavy atom. The Morgan fingerprint density at radius 2 is 2.22 bits per heavy atom. The van der Waals surface area contributed by atoms with Gasteiger partial charge >= 0.3 is 0 Å². The monoisotopic (exact) mass is 338 g/mol. The lowest BCUT2D eigenvalue weighted by molar-refractivity contribution is -0.134. The van der Waals surface area contributed by atoms with Gasteiger partial charge in [-0.2, -0.15) is 0 Å². The van der Waals surface area contributed by atoms with E-state index in [0.717, 1.165) is 35.4 Å². The number of fused-ring (bicyclic) bond motifs is 1. The van der Waals surface area contributed by atoms with Crippen LogP contribution in [0.25, 0.3) is 11.0 Å². The van der Waals surface area contributed by atoms with Gasteiger partial charge in [-0.1, -0.05) is 0 Å². The SMILES string of the molecule is COc1ccc2c(CC(=O)N3CCNC(C)C3C)coc2c1.Cl. The number of amides is 1. The van der Waals surface area contributed by atoms with Crippen molar-refractivity contribution >= 4 is 29.3 Å². The smallest absolute Gasteiger partial charge is 0.227 e. The number of methoxy groups -OCH3 is 1. The lowest BCUT2D eigenvalue weighted by Crippen LogP contribution is -2.57. The molecule has 2 heterocycles. The first kappa shape index (κ1) is 17.6. The van der Waals surface area contributed by atoms with Gasteiger partial charge in [-0.05, 0) is 26.0 Å². The predicted molar refractivity (Wildman–Crippen MR) is 92.4 cm³/mol. The summed E-state index contributed by atoms with van der Waals surface area (Å²) in [6.07, 6.45) is 2.05. The molecule has 1 amide bonds. The summed E-state index contributed by atoms with van der Waals surface area (Å²) in [7, 11) is 1.63. The Kier molecular flexibility index (Phi) is 5.55. The Hall–Kier alpha value is -1.72. The first-order chi connectivity index (χ1) is 10.6. The molecule has 0 radical (unpaired) electrons. The molecule has 6 heteroatoms. The zero-order chi connectivity index (χ0) is 15.7. The van der Waals surface area contributed by atoms with Crippen LogP contribution in [0.2, 0.25) is 0 Å². The molecule has 23 heavy (non-hydrogen) atoms. The van der Waals surface area contributed by atoms with Gasteiger partial charge in [0.05, 0.1) is 19.8 Å². The molecule has 0 bridgehead atoms. The Labute approximate surface area is 142 Å². The lowest BCUT2D eigenvalue weighted by atomic mass is 10.0. The van der Waals surface area contributed by atoms with E-state index in [1.54, 1.807) is 13.4 Å². The highest BCUT2D eigenvalue weighted by Gasteiger charge is 2.28. The molecular formula is C17H23ClN2O3. The minimum Gasteiger partial charge on any atom is -0.497 e. The molecular weight excluding hydrogens is 316 g/mol. The number of rotatable bonds is 3. The molecule has 1 saturated heterocycles. The molecule has 2 unspecified atom stereocenters. The summed E-state index contributed by atoms with van der Waals surface area (Å²) < 4.78 is 10.8. The number of ether oxygens (including phenoxy) is 1. The van der Waals surface area contributed by atoms with E-state index in [9.17, 15) is 4.79 Å². The molecule has 126 valence electrons. The van der Waals surface area contributed by atoms with Crippen molar-refractivity contribution in [2.75, 3.05) is 20.2 Å². The zero-order valence-corrected chi connectivity index (χ0v) is 14.5. The third-order valence-corrected chi connectivity index (χ3v) is 4.56. The third-order valence-electron chi connectivity index (χ3n) is 4.56. The summed E-state index contributed by atoms with van der Waals surface area (Å²) in [5.41, 5.74) is 1.69. The van der Waals surface area contributed by atoms with Crippen LogP contribution in [-0.2, 0) is 11.2 Å². The Balaban J connectivity index is 0.00000192. The van der Waals surface area contributed by atoms with Crippen molar-refractivity contribution in [1.82, 2.24) is 10.2 Å². The molecule has 2 aromatic rings. The average Bonchev–Trinajstić information content (AvgIpc) is 2.92. The van der Waals surface area contributed by atoms with E-state index in [-0.39, 0.29) is 24.4 Å². The van der Waals surface area contributed by atoms with E-state index >= 15 is 0 Å². The molecule has 0 spiro atoms. The van der Waals surface area contributed by atoms with Crippen molar-refractivity contribution < 1.29 is 13.9 Å². The maximum Gasteiger partial charge on any atom is 0.227 e. The van der Waals surface area contributed by atoms with E-state index < -0.39 is 0 Å². The van der Waals surface area contributed by atoms with Crippen LogP contribution in [-0.4, -0.2) is 43.1 Å². The number of hydrogen-bond acceptors (Lipinski definition) is 4. The van der Waals surface area contributed by atoms with Crippen LogP contribution in [0.5, 0.6) is 5.75 Å². The fourth-order valence-electron chi connectivity index (χ4n) is 3.00. The average molecular weight is 339 g/mol. The minimum absolute atomic E-state index is 0. The van der Waals surface area contributed by atoms with Crippen LogP contribution < -0.4 is 10.1 Å². The fourth-order valence-corrected chi connectivity index (χ4v) is 3.00.